The maximum Gasteiger partial charge on any atom is 0.433 e. The fourth-order valence-corrected chi connectivity index (χ4v) is 4.05. The van der Waals surface area contributed by atoms with E-state index >= 15 is 0 Å². The summed E-state index contributed by atoms with van der Waals surface area (Å²) in [5.41, 5.74) is 5.41. The fourth-order valence-electron chi connectivity index (χ4n) is 4.05. The standard InChI is InChI=1S/C27H23F3N6/c1-16-5-9-19(10-6-16)24-18(3)25(20-11-7-17(2)8-12-20)36(34-24)26-32-22(21-14-31-35(4)15-21)13-23(33-26)27(28,29)30/h5-15H,1-4H3. The van der Waals surface area contributed by atoms with Gasteiger partial charge in [-0.15, -0.1) is 0 Å². The van der Waals surface area contributed by atoms with Crippen molar-refractivity contribution in [1.82, 2.24) is 29.5 Å². The van der Waals surface area contributed by atoms with Crippen molar-refractivity contribution in [2.24, 2.45) is 7.05 Å². The van der Waals surface area contributed by atoms with E-state index < -0.39 is 11.9 Å². The number of rotatable bonds is 4. The van der Waals surface area contributed by atoms with Gasteiger partial charge in [-0.1, -0.05) is 59.7 Å². The van der Waals surface area contributed by atoms with Gasteiger partial charge in [0, 0.05) is 35.5 Å². The maximum atomic E-state index is 13.9. The first kappa shape index (κ1) is 23.5. The van der Waals surface area contributed by atoms with Crippen molar-refractivity contribution in [1.29, 1.82) is 0 Å². The molecule has 6 nitrogen and oxygen atoms in total. The minimum absolute atomic E-state index is 0.111. The Bertz CT molecular complexity index is 1540. The maximum absolute atomic E-state index is 13.9. The molecule has 9 heteroatoms. The highest BCUT2D eigenvalue weighted by Crippen LogP contribution is 2.35. The molecule has 0 aliphatic heterocycles. The third-order valence-electron chi connectivity index (χ3n) is 5.97. The number of alkyl halides is 3. The van der Waals surface area contributed by atoms with E-state index in [4.69, 9.17) is 5.10 Å². The second kappa shape index (κ2) is 8.75. The van der Waals surface area contributed by atoms with Gasteiger partial charge in [0.15, 0.2) is 5.69 Å². The highest BCUT2D eigenvalue weighted by atomic mass is 19.4. The summed E-state index contributed by atoms with van der Waals surface area (Å²) in [7, 11) is 1.69. The van der Waals surface area contributed by atoms with Crippen LogP contribution in [-0.2, 0) is 13.2 Å². The number of benzene rings is 2. The lowest BCUT2D eigenvalue weighted by Crippen LogP contribution is -2.14. The van der Waals surface area contributed by atoms with Crippen LogP contribution < -0.4 is 0 Å². The van der Waals surface area contributed by atoms with E-state index in [1.54, 1.807) is 13.2 Å². The lowest BCUT2D eigenvalue weighted by atomic mass is 10.0. The molecule has 3 heterocycles. The molecule has 0 radical (unpaired) electrons. The molecule has 0 bridgehead atoms. The lowest BCUT2D eigenvalue weighted by molar-refractivity contribution is -0.141. The zero-order valence-corrected chi connectivity index (χ0v) is 20.2. The molecule has 0 saturated carbocycles. The van der Waals surface area contributed by atoms with E-state index in [2.05, 4.69) is 15.1 Å². The van der Waals surface area contributed by atoms with Crippen LogP contribution in [0.15, 0.2) is 67.0 Å². The third kappa shape index (κ3) is 4.39. The van der Waals surface area contributed by atoms with E-state index in [-0.39, 0.29) is 11.6 Å². The summed E-state index contributed by atoms with van der Waals surface area (Å²) in [4.78, 5) is 8.41. The number of nitrogens with zero attached hydrogens (tertiary/aromatic N) is 6. The number of aryl methyl sites for hydroxylation is 3. The highest BCUT2D eigenvalue weighted by Gasteiger charge is 2.34. The predicted octanol–water partition coefficient (Wildman–Crippen LogP) is 6.34. The Morgan fingerprint density at radius 2 is 1.39 bits per heavy atom. The summed E-state index contributed by atoms with van der Waals surface area (Å²) in [6, 6.07) is 16.5. The molecule has 0 saturated heterocycles. The number of hydrogen-bond donors (Lipinski definition) is 0. The molecule has 5 aromatic rings. The summed E-state index contributed by atoms with van der Waals surface area (Å²) in [6.45, 7) is 5.87. The lowest BCUT2D eigenvalue weighted by Gasteiger charge is -2.12. The summed E-state index contributed by atoms with van der Waals surface area (Å²) in [5.74, 6) is -0.166. The van der Waals surface area contributed by atoms with Crippen molar-refractivity contribution in [3.63, 3.8) is 0 Å². The smallest absolute Gasteiger partial charge is 0.275 e. The SMILES string of the molecule is Cc1ccc(-c2nn(-c3nc(-c4cnn(C)c4)cc(C(F)(F)F)n3)c(-c3ccc(C)cc3)c2C)cc1. The Balaban J connectivity index is 1.79. The van der Waals surface area contributed by atoms with Crippen LogP contribution in [0.5, 0.6) is 0 Å². The van der Waals surface area contributed by atoms with Gasteiger partial charge >= 0.3 is 6.18 Å². The summed E-state index contributed by atoms with van der Waals surface area (Å²) >= 11 is 0. The summed E-state index contributed by atoms with van der Waals surface area (Å²) in [6.07, 6.45) is -1.58. The van der Waals surface area contributed by atoms with Gasteiger partial charge in [0.1, 0.15) is 0 Å². The van der Waals surface area contributed by atoms with Crippen molar-refractivity contribution < 1.29 is 13.2 Å². The van der Waals surface area contributed by atoms with Crippen LogP contribution in [0, 0.1) is 20.8 Å². The van der Waals surface area contributed by atoms with Gasteiger partial charge in [0.25, 0.3) is 5.95 Å². The number of hydrogen-bond acceptors (Lipinski definition) is 4. The molecule has 2 aromatic carbocycles. The van der Waals surface area contributed by atoms with Crippen LogP contribution in [0.4, 0.5) is 13.2 Å². The van der Waals surface area contributed by atoms with Crippen LogP contribution in [0.3, 0.4) is 0 Å². The molecule has 0 fully saturated rings. The molecule has 0 spiro atoms. The molecule has 182 valence electrons. The van der Waals surface area contributed by atoms with Gasteiger partial charge in [-0.3, -0.25) is 4.68 Å². The van der Waals surface area contributed by atoms with E-state index in [1.807, 2.05) is 69.3 Å². The second-order valence-electron chi connectivity index (χ2n) is 8.80. The van der Waals surface area contributed by atoms with Crippen LogP contribution in [0.25, 0.3) is 39.7 Å². The minimum atomic E-state index is -4.67. The normalized spacial score (nSPS) is 11.8. The Hall–Kier alpha value is -4.27. The van der Waals surface area contributed by atoms with Crippen LogP contribution >= 0.6 is 0 Å². The van der Waals surface area contributed by atoms with Crippen molar-refractivity contribution in [3.05, 3.63) is 89.4 Å². The van der Waals surface area contributed by atoms with Gasteiger partial charge in [0.2, 0.25) is 0 Å². The Labute approximate surface area is 206 Å². The van der Waals surface area contributed by atoms with Gasteiger partial charge in [-0.05, 0) is 26.8 Å². The summed E-state index contributed by atoms with van der Waals surface area (Å²) in [5, 5.41) is 8.82. The van der Waals surface area contributed by atoms with Crippen LogP contribution in [0.1, 0.15) is 22.4 Å². The molecule has 0 atom stereocenters. The molecule has 0 aliphatic carbocycles. The first-order valence-electron chi connectivity index (χ1n) is 11.3. The molecule has 3 aromatic heterocycles. The Morgan fingerprint density at radius 3 is 1.94 bits per heavy atom. The first-order chi connectivity index (χ1) is 17.1. The van der Waals surface area contributed by atoms with E-state index in [9.17, 15) is 13.2 Å². The highest BCUT2D eigenvalue weighted by molar-refractivity contribution is 5.75. The van der Waals surface area contributed by atoms with Crippen LogP contribution in [0.2, 0.25) is 0 Å². The molecule has 36 heavy (non-hydrogen) atoms. The average molecular weight is 489 g/mol. The zero-order chi connectivity index (χ0) is 25.6. The second-order valence-corrected chi connectivity index (χ2v) is 8.80. The number of halogens is 3. The first-order valence-corrected chi connectivity index (χ1v) is 11.3. The quantitative estimate of drug-likeness (QED) is 0.296. The zero-order valence-electron chi connectivity index (χ0n) is 20.2. The molecular formula is C27H23F3N6. The van der Waals surface area contributed by atoms with Gasteiger partial charge < -0.3 is 0 Å². The van der Waals surface area contributed by atoms with E-state index in [0.717, 1.165) is 33.9 Å². The molecule has 0 unspecified atom stereocenters. The van der Waals surface area contributed by atoms with Gasteiger partial charge in [-0.2, -0.15) is 28.1 Å². The van der Waals surface area contributed by atoms with E-state index in [1.165, 1.54) is 15.6 Å². The Kier molecular flexibility index (Phi) is 5.70. The van der Waals surface area contributed by atoms with Crippen LogP contribution in [-0.4, -0.2) is 29.5 Å². The van der Waals surface area contributed by atoms with Crippen molar-refractivity contribution >= 4 is 0 Å². The molecule has 5 rings (SSSR count). The molecule has 0 aliphatic rings. The minimum Gasteiger partial charge on any atom is -0.275 e. The van der Waals surface area contributed by atoms with E-state index in [0.29, 0.717) is 17.0 Å². The number of aromatic nitrogens is 6. The van der Waals surface area contributed by atoms with Gasteiger partial charge in [0.05, 0.1) is 23.3 Å². The van der Waals surface area contributed by atoms with Crippen molar-refractivity contribution in [3.8, 4) is 39.7 Å². The topological polar surface area (TPSA) is 61.4 Å². The summed E-state index contributed by atoms with van der Waals surface area (Å²) < 4.78 is 44.6. The molecular weight excluding hydrogens is 465 g/mol. The fraction of sp³-hybridized carbons (Fsp3) is 0.185. The largest absolute Gasteiger partial charge is 0.433 e. The predicted molar refractivity (Wildman–Crippen MR) is 131 cm³/mol. The monoisotopic (exact) mass is 488 g/mol. The third-order valence-corrected chi connectivity index (χ3v) is 5.97. The molecule has 0 amide bonds. The van der Waals surface area contributed by atoms with Crippen molar-refractivity contribution in [2.45, 2.75) is 26.9 Å². The Morgan fingerprint density at radius 1 is 0.778 bits per heavy atom. The average Bonchev–Trinajstić information content (AvgIpc) is 3.43. The molecule has 0 N–H and O–H groups in total. The van der Waals surface area contributed by atoms with Gasteiger partial charge in [-0.25, -0.2) is 9.97 Å². The van der Waals surface area contributed by atoms with Crippen molar-refractivity contribution in [2.75, 3.05) is 0 Å².